The van der Waals surface area contributed by atoms with Gasteiger partial charge in [-0.15, -0.1) is 0 Å². The number of carbonyl (C=O) groups is 2. The Kier molecular flexibility index (Phi) is 13.4. The van der Waals surface area contributed by atoms with Gasteiger partial charge in [-0.3, -0.25) is 0 Å². The van der Waals surface area contributed by atoms with Gasteiger partial charge in [0.05, 0.1) is 13.2 Å². The molecule has 5 heteroatoms. The van der Waals surface area contributed by atoms with Crippen LogP contribution in [-0.2, 0) is 23.8 Å². The van der Waals surface area contributed by atoms with E-state index in [1.54, 1.807) is 26.0 Å². The molecule has 0 spiro atoms. The average molecular weight is 395 g/mol. The van der Waals surface area contributed by atoms with Crippen molar-refractivity contribution in [2.45, 2.75) is 91.1 Å². The number of esters is 2. The maximum absolute atomic E-state index is 12.0. The predicted molar refractivity (Wildman–Crippen MR) is 111 cm³/mol. The molecule has 1 saturated heterocycles. The third kappa shape index (κ3) is 12.7. The molecule has 28 heavy (non-hydrogen) atoms. The van der Waals surface area contributed by atoms with Crippen LogP contribution in [0.2, 0.25) is 0 Å². The normalized spacial score (nSPS) is 16.8. The Bertz CT molecular complexity index is 517. The molecule has 1 atom stereocenters. The number of unbranched alkanes of at least 4 members (excludes halogenated alkanes) is 9. The van der Waals surface area contributed by atoms with Crippen molar-refractivity contribution >= 4 is 11.9 Å². The number of ether oxygens (including phenoxy) is 3. The van der Waals surface area contributed by atoms with Gasteiger partial charge in [0.15, 0.2) is 0 Å². The number of rotatable bonds is 16. The maximum atomic E-state index is 12.0. The highest BCUT2D eigenvalue weighted by atomic mass is 16.6. The van der Waals surface area contributed by atoms with Crippen LogP contribution in [0.3, 0.4) is 0 Å². The number of hydrogen-bond donors (Lipinski definition) is 0. The predicted octanol–water partition coefficient (Wildman–Crippen LogP) is 5.29. The maximum Gasteiger partial charge on any atom is 0.333 e. The minimum Gasteiger partial charge on any atom is -0.462 e. The highest BCUT2D eigenvalue weighted by Gasteiger charge is 2.24. The van der Waals surface area contributed by atoms with E-state index in [-0.39, 0.29) is 18.7 Å². The van der Waals surface area contributed by atoms with Gasteiger partial charge in [-0.05, 0) is 20.3 Å². The quantitative estimate of drug-likeness (QED) is 0.117. The zero-order valence-corrected chi connectivity index (χ0v) is 18.0. The van der Waals surface area contributed by atoms with Crippen LogP contribution in [0.15, 0.2) is 23.3 Å². The summed E-state index contributed by atoms with van der Waals surface area (Å²) in [6.07, 6.45) is 15.7. The third-order valence-corrected chi connectivity index (χ3v) is 4.76. The standard InChI is InChI=1S/C23H38O5/c1-4-5-6-7-8-9-10-11-12-13-16-26-22(24)19(2)14-15-20(3)23(25)28-18-21-17-27-21/h14-15,21H,4-13,16-18H2,1-3H3/b19-14+,20-15+. The van der Waals surface area contributed by atoms with Crippen LogP contribution in [0.1, 0.15) is 85.0 Å². The smallest absolute Gasteiger partial charge is 0.333 e. The number of carbonyl (C=O) groups excluding carboxylic acids is 2. The largest absolute Gasteiger partial charge is 0.462 e. The molecular formula is C23H38O5. The Labute approximate surface area is 170 Å². The number of hydrogen-bond acceptors (Lipinski definition) is 5. The van der Waals surface area contributed by atoms with E-state index in [4.69, 9.17) is 14.2 Å². The van der Waals surface area contributed by atoms with Gasteiger partial charge in [0, 0.05) is 11.1 Å². The molecule has 1 rings (SSSR count). The summed E-state index contributed by atoms with van der Waals surface area (Å²) in [5.74, 6) is -0.724. The SMILES string of the molecule is CCCCCCCCCCCCOC(=O)/C(C)=C/C=C(\C)C(=O)OCC1CO1. The fourth-order valence-electron chi connectivity index (χ4n) is 2.70. The van der Waals surface area contributed by atoms with E-state index < -0.39 is 5.97 Å². The molecule has 0 amide bonds. The lowest BCUT2D eigenvalue weighted by molar-refractivity contribution is -0.140. The minimum absolute atomic E-state index is 0.0507. The third-order valence-electron chi connectivity index (χ3n) is 4.76. The minimum atomic E-state index is -0.390. The summed E-state index contributed by atoms with van der Waals surface area (Å²) in [7, 11) is 0. The van der Waals surface area contributed by atoms with E-state index in [1.807, 2.05) is 0 Å². The Morgan fingerprint density at radius 2 is 1.29 bits per heavy atom. The molecule has 0 saturated carbocycles. The summed E-state index contributed by atoms with van der Waals surface area (Å²) in [5.41, 5.74) is 0.923. The van der Waals surface area contributed by atoms with Gasteiger partial charge in [-0.2, -0.15) is 0 Å². The fourth-order valence-corrected chi connectivity index (χ4v) is 2.70. The van der Waals surface area contributed by atoms with E-state index in [0.29, 0.717) is 24.4 Å². The molecule has 1 fully saturated rings. The summed E-state index contributed by atoms with van der Waals surface area (Å²) in [6, 6.07) is 0. The van der Waals surface area contributed by atoms with Gasteiger partial charge in [-0.1, -0.05) is 76.9 Å². The lowest BCUT2D eigenvalue weighted by Crippen LogP contribution is -2.10. The van der Waals surface area contributed by atoms with Gasteiger partial charge in [-0.25, -0.2) is 9.59 Å². The summed E-state index contributed by atoms with van der Waals surface area (Å²) >= 11 is 0. The van der Waals surface area contributed by atoms with Crippen LogP contribution in [0, 0.1) is 0 Å². The molecular weight excluding hydrogens is 356 g/mol. The summed E-state index contributed by atoms with van der Waals surface area (Å²) in [4.78, 5) is 23.7. The average Bonchev–Trinajstić information content (AvgIpc) is 3.52. The lowest BCUT2D eigenvalue weighted by atomic mass is 10.1. The van der Waals surface area contributed by atoms with Crippen LogP contribution in [-0.4, -0.2) is 37.9 Å². The van der Waals surface area contributed by atoms with Gasteiger partial charge in [0.25, 0.3) is 0 Å². The zero-order chi connectivity index (χ0) is 20.6. The van der Waals surface area contributed by atoms with Crippen molar-refractivity contribution in [2.75, 3.05) is 19.8 Å². The summed E-state index contributed by atoms with van der Waals surface area (Å²) in [6.45, 7) is 6.98. The lowest BCUT2D eigenvalue weighted by Gasteiger charge is -2.05. The van der Waals surface area contributed by atoms with E-state index in [2.05, 4.69) is 6.92 Å². The Hall–Kier alpha value is -1.62. The van der Waals surface area contributed by atoms with Crippen LogP contribution in [0.4, 0.5) is 0 Å². The molecule has 0 N–H and O–H groups in total. The highest BCUT2D eigenvalue weighted by Crippen LogP contribution is 2.12. The summed E-state index contributed by atoms with van der Waals surface area (Å²) < 4.78 is 15.4. The number of epoxide rings is 1. The molecule has 1 heterocycles. The molecule has 160 valence electrons. The Balaban J connectivity index is 2.06. The van der Waals surface area contributed by atoms with Crippen LogP contribution >= 0.6 is 0 Å². The zero-order valence-electron chi connectivity index (χ0n) is 18.0. The monoisotopic (exact) mass is 394 g/mol. The molecule has 1 aliphatic rings. The second-order valence-electron chi connectivity index (χ2n) is 7.57. The molecule has 0 aromatic rings. The number of allylic oxidation sites excluding steroid dienone is 2. The van der Waals surface area contributed by atoms with E-state index >= 15 is 0 Å². The first-order valence-electron chi connectivity index (χ1n) is 10.9. The van der Waals surface area contributed by atoms with Crippen molar-refractivity contribution in [2.24, 2.45) is 0 Å². The van der Waals surface area contributed by atoms with Crippen molar-refractivity contribution in [3.8, 4) is 0 Å². The molecule has 5 nitrogen and oxygen atoms in total. The van der Waals surface area contributed by atoms with Crippen LogP contribution in [0.25, 0.3) is 0 Å². The second-order valence-corrected chi connectivity index (χ2v) is 7.57. The topological polar surface area (TPSA) is 65.1 Å². The second kappa shape index (κ2) is 15.3. The van der Waals surface area contributed by atoms with Crippen molar-refractivity contribution in [1.82, 2.24) is 0 Å². The molecule has 0 aliphatic carbocycles. The molecule has 0 aromatic heterocycles. The first kappa shape index (κ1) is 24.4. The Morgan fingerprint density at radius 1 is 0.821 bits per heavy atom. The van der Waals surface area contributed by atoms with Crippen molar-refractivity contribution in [3.05, 3.63) is 23.3 Å². The summed E-state index contributed by atoms with van der Waals surface area (Å²) in [5, 5.41) is 0. The molecule has 1 unspecified atom stereocenters. The fraction of sp³-hybridized carbons (Fsp3) is 0.739. The van der Waals surface area contributed by atoms with E-state index in [0.717, 1.165) is 12.8 Å². The molecule has 0 aromatic carbocycles. The van der Waals surface area contributed by atoms with Gasteiger partial charge in [0.1, 0.15) is 12.7 Å². The van der Waals surface area contributed by atoms with Gasteiger partial charge >= 0.3 is 11.9 Å². The molecule has 1 aliphatic heterocycles. The first-order chi connectivity index (χ1) is 13.5. The molecule has 0 radical (unpaired) electrons. The van der Waals surface area contributed by atoms with E-state index in [1.165, 1.54) is 51.4 Å². The van der Waals surface area contributed by atoms with Gasteiger partial charge < -0.3 is 14.2 Å². The van der Waals surface area contributed by atoms with Crippen molar-refractivity contribution in [3.63, 3.8) is 0 Å². The van der Waals surface area contributed by atoms with Gasteiger partial charge in [0.2, 0.25) is 0 Å². The van der Waals surface area contributed by atoms with Crippen molar-refractivity contribution < 1.29 is 23.8 Å². The first-order valence-corrected chi connectivity index (χ1v) is 10.9. The highest BCUT2D eigenvalue weighted by molar-refractivity contribution is 5.90. The van der Waals surface area contributed by atoms with Crippen LogP contribution < -0.4 is 0 Å². The Morgan fingerprint density at radius 3 is 1.79 bits per heavy atom. The van der Waals surface area contributed by atoms with E-state index in [9.17, 15) is 9.59 Å². The van der Waals surface area contributed by atoms with Crippen LogP contribution in [0.5, 0.6) is 0 Å². The van der Waals surface area contributed by atoms with Crippen molar-refractivity contribution in [1.29, 1.82) is 0 Å². The molecule has 0 bridgehead atoms.